The van der Waals surface area contributed by atoms with Crippen molar-refractivity contribution in [3.63, 3.8) is 0 Å². The Hall–Kier alpha value is -1.71. The van der Waals surface area contributed by atoms with Gasteiger partial charge in [0, 0.05) is 0 Å². The van der Waals surface area contributed by atoms with Crippen LogP contribution >= 0.6 is 0 Å². The molecular formula is C9H11NO3. The zero-order valence-corrected chi connectivity index (χ0v) is 7.19. The number of phenols is 1. The molecule has 0 fully saturated rings. The van der Waals surface area contributed by atoms with Gasteiger partial charge in [-0.3, -0.25) is 0 Å². The molecule has 1 atom stereocenters. The number of hydrogen-bond acceptors (Lipinski definition) is 2. The summed E-state index contributed by atoms with van der Waals surface area (Å²) in [6.07, 6.45) is -1.07. The van der Waals surface area contributed by atoms with E-state index < -0.39 is 6.09 Å². The lowest BCUT2D eigenvalue weighted by atomic mass is 10.1. The molecule has 0 spiro atoms. The summed E-state index contributed by atoms with van der Waals surface area (Å²) in [4.78, 5) is 10.3. The van der Waals surface area contributed by atoms with Crippen LogP contribution in [0, 0.1) is 0 Å². The van der Waals surface area contributed by atoms with Crippen LogP contribution in [-0.2, 0) is 0 Å². The molecule has 0 bridgehead atoms. The first-order valence-corrected chi connectivity index (χ1v) is 3.88. The number of carbonyl (C=O) groups is 1. The van der Waals surface area contributed by atoms with E-state index in [4.69, 9.17) is 10.2 Å². The van der Waals surface area contributed by atoms with Crippen molar-refractivity contribution in [2.24, 2.45) is 0 Å². The number of rotatable bonds is 2. The molecule has 0 radical (unpaired) electrons. The van der Waals surface area contributed by atoms with Crippen LogP contribution in [0.5, 0.6) is 5.75 Å². The van der Waals surface area contributed by atoms with Crippen LogP contribution < -0.4 is 5.32 Å². The second-order valence-electron chi connectivity index (χ2n) is 2.77. The first-order chi connectivity index (χ1) is 6.09. The van der Waals surface area contributed by atoms with Crippen molar-refractivity contribution in [2.45, 2.75) is 13.0 Å². The molecule has 4 nitrogen and oxygen atoms in total. The van der Waals surface area contributed by atoms with Gasteiger partial charge in [0.1, 0.15) is 5.75 Å². The number of hydrogen-bond donors (Lipinski definition) is 3. The fraction of sp³-hybridized carbons (Fsp3) is 0.222. The van der Waals surface area contributed by atoms with Crippen LogP contribution in [0.15, 0.2) is 24.3 Å². The van der Waals surface area contributed by atoms with Crippen LogP contribution in [0.1, 0.15) is 18.5 Å². The predicted molar refractivity (Wildman–Crippen MR) is 47.7 cm³/mol. The Morgan fingerprint density at radius 2 is 2.23 bits per heavy atom. The lowest BCUT2D eigenvalue weighted by Crippen LogP contribution is -2.24. The number of carboxylic acid groups (broad SMARTS) is 1. The van der Waals surface area contributed by atoms with E-state index in [1.165, 1.54) is 12.1 Å². The standard InChI is InChI=1S/C9H11NO3/c1-6(10-9(12)13)7-3-2-4-8(11)5-7/h2-6,10-11H,1H3,(H,12,13)/t6-/m0/s1. The maximum Gasteiger partial charge on any atom is 0.405 e. The van der Waals surface area contributed by atoms with Gasteiger partial charge in [-0.2, -0.15) is 0 Å². The summed E-state index contributed by atoms with van der Waals surface area (Å²) in [6, 6.07) is 6.17. The Morgan fingerprint density at radius 3 is 2.77 bits per heavy atom. The van der Waals surface area contributed by atoms with Crippen molar-refractivity contribution >= 4 is 6.09 Å². The highest BCUT2D eigenvalue weighted by atomic mass is 16.4. The van der Waals surface area contributed by atoms with Gasteiger partial charge in [0.05, 0.1) is 6.04 Å². The molecule has 4 heteroatoms. The summed E-state index contributed by atoms with van der Waals surface area (Å²) in [5.41, 5.74) is 0.738. The lowest BCUT2D eigenvalue weighted by Gasteiger charge is -2.11. The van der Waals surface area contributed by atoms with Gasteiger partial charge in [0.15, 0.2) is 0 Å². The fourth-order valence-corrected chi connectivity index (χ4v) is 1.06. The summed E-state index contributed by atoms with van der Waals surface area (Å²) in [7, 11) is 0. The highest BCUT2D eigenvalue weighted by molar-refractivity contribution is 5.65. The van der Waals surface area contributed by atoms with Crippen molar-refractivity contribution in [3.8, 4) is 5.75 Å². The second kappa shape index (κ2) is 3.80. The minimum absolute atomic E-state index is 0.136. The molecular weight excluding hydrogens is 170 g/mol. The molecule has 0 saturated carbocycles. The van der Waals surface area contributed by atoms with Crippen molar-refractivity contribution in [3.05, 3.63) is 29.8 Å². The molecule has 1 amide bonds. The van der Waals surface area contributed by atoms with Crippen LogP contribution in [0.4, 0.5) is 4.79 Å². The van der Waals surface area contributed by atoms with E-state index in [-0.39, 0.29) is 11.8 Å². The zero-order chi connectivity index (χ0) is 9.84. The molecule has 0 aliphatic heterocycles. The maximum atomic E-state index is 10.3. The number of nitrogens with one attached hydrogen (secondary N) is 1. The molecule has 3 N–H and O–H groups in total. The average Bonchev–Trinajstić information content (AvgIpc) is 2.03. The summed E-state index contributed by atoms with van der Waals surface area (Å²) in [5, 5.41) is 19.9. The predicted octanol–water partition coefficient (Wildman–Crippen LogP) is 1.72. The summed E-state index contributed by atoms with van der Waals surface area (Å²) in [6.45, 7) is 1.71. The highest BCUT2D eigenvalue weighted by Crippen LogP contribution is 2.17. The quantitative estimate of drug-likeness (QED) is 0.650. The van der Waals surface area contributed by atoms with Crippen molar-refractivity contribution in [1.29, 1.82) is 0 Å². The van der Waals surface area contributed by atoms with E-state index in [2.05, 4.69) is 5.32 Å². The third-order valence-electron chi connectivity index (χ3n) is 1.71. The fourth-order valence-electron chi connectivity index (χ4n) is 1.06. The normalized spacial score (nSPS) is 12.1. The maximum absolute atomic E-state index is 10.3. The van der Waals surface area contributed by atoms with Gasteiger partial charge in [-0.1, -0.05) is 12.1 Å². The molecule has 1 aromatic carbocycles. The van der Waals surface area contributed by atoms with Crippen molar-refractivity contribution in [2.75, 3.05) is 0 Å². The smallest absolute Gasteiger partial charge is 0.405 e. The van der Waals surface area contributed by atoms with Crippen molar-refractivity contribution in [1.82, 2.24) is 5.32 Å². The van der Waals surface area contributed by atoms with E-state index in [0.717, 1.165) is 5.56 Å². The van der Waals surface area contributed by atoms with E-state index in [1.807, 2.05) is 0 Å². The molecule has 0 saturated heterocycles. The molecule has 13 heavy (non-hydrogen) atoms. The number of phenolic OH excluding ortho intramolecular Hbond substituents is 1. The van der Waals surface area contributed by atoms with Gasteiger partial charge >= 0.3 is 6.09 Å². The average molecular weight is 181 g/mol. The summed E-state index contributed by atoms with van der Waals surface area (Å²) < 4.78 is 0. The highest BCUT2D eigenvalue weighted by Gasteiger charge is 2.07. The topological polar surface area (TPSA) is 69.6 Å². The minimum atomic E-state index is -1.07. The largest absolute Gasteiger partial charge is 0.508 e. The van der Waals surface area contributed by atoms with E-state index in [1.54, 1.807) is 19.1 Å². The van der Waals surface area contributed by atoms with E-state index >= 15 is 0 Å². The van der Waals surface area contributed by atoms with Crippen LogP contribution in [-0.4, -0.2) is 16.3 Å². The Balaban J connectivity index is 2.76. The molecule has 1 aromatic rings. The SMILES string of the molecule is C[C@H](NC(=O)O)c1cccc(O)c1. The van der Waals surface area contributed by atoms with Gasteiger partial charge in [0.25, 0.3) is 0 Å². The van der Waals surface area contributed by atoms with Gasteiger partial charge in [0.2, 0.25) is 0 Å². The molecule has 0 aliphatic rings. The molecule has 1 rings (SSSR count). The number of amides is 1. The molecule has 0 heterocycles. The first kappa shape index (κ1) is 9.38. The Labute approximate surface area is 75.8 Å². The minimum Gasteiger partial charge on any atom is -0.508 e. The summed E-state index contributed by atoms with van der Waals surface area (Å²) in [5.74, 6) is 0.136. The second-order valence-corrected chi connectivity index (χ2v) is 2.77. The number of benzene rings is 1. The van der Waals surface area contributed by atoms with E-state index in [0.29, 0.717) is 0 Å². The molecule has 0 aliphatic carbocycles. The van der Waals surface area contributed by atoms with Gasteiger partial charge in [-0.05, 0) is 24.6 Å². The van der Waals surface area contributed by atoms with Gasteiger partial charge < -0.3 is 15.5 Å². The molecule has 0 aromatic heterocycles. The first-order valence-electron chi connectivity index (χ1n) is 3.88. The molecule has 0 unspecified atom stereocenters. The Morgan fingerprint density at radius 1 is 1.54 bits per heavy atom. The van der Waals surface area contributed by atoms with Crippen LogP contribution in [0.3, 0.4) is 0 Å². The molecule has 70 valence electrons. The Bertz CT molecular complexity index is 311. The third kappa shape index (κ3) is 2.66. The summed E-state index contributed by atoms with van der Waals surface area (Å²) >= 11 is 0. The van der Waals surface area contributed by atoms with Crippen LogP contribution in [0.25, 0.3) is 0 Å². The van der Waals surface area contributed by atoms with Crippen molar-refractivity contribution < 1.29 is 15.0 Å². The Kier molecular flexibility index (Phi) is 2.74. The van der Waals surface area contributed by atoms with Gasteiger partial charge in [-0.25, -0.2) is 4.79 Å². The van der Waals surface area contributed by atoms with Crippen LogP contribution in [0.2, 0.25) is 0 Å². The zero-order valence-electron chi connectivity index (χ0n) is 7.19. The monoisotopic (exact) mass is 181 g/mol. The third-order valence-corrected chi connectivity index (χ3v) is 1.71. The van der Waals surface area contributed by atoms with E-state index in [9.17, 15) is 4.79 Å². The number of aromatic hydroxyl groups is 1. The van der Waals surface area contributed by atoms with Gasteiger partial charge in [-0.15, -0.1) is 0 Å². The lowest BCUT2D eigenvalue weighted by molar-refractivity contribution is 0.191.